The Morgan fingerprint density at radius 1 is 1.30 bits per heavy atom. The van der Waals surface area contributed by atoms with Gasteiger partial charge >= 0.3 is 0 Å². The number of halogens is 1. The summed E-state index contributed by atoms with van der Waals surface area (Å²) in [5.41, 5.74) is 2.55. The highest BCUT2D eigenvalue weighted by Crippen LogP contribution is 2.28. The van der Waals surface area contributed by atoms with E-state index in [1.165, 1.54) is 11.1 Å². The molecule has 1 amide bonds. The Kier molecular flexibility index (Phi) is 8.59. The molecule has 0 radical (unpaired) electrons. The van der Waals surface area contributed by atoms with Gasteiger partial charge < -0.3 is 15.0 Å². The van der Waals surface area contributed by atoms with E-state index in [0.717, 1.165) is 12.8 Å². The van der Waals surface area contributed by atoms with Gasteiger partial charge in [-0.25, -0.2) is 0 Å². The average molecular weight is 341 g/mol. The molecule has 0 saturated heterocycles. The Labute approximate surface area is 146 Å². The molecule has 130 valence electrons. The highest BCUT2D eigenvalue weighted by molar-refractivity contribution is 5.85. The van der Waals surface area contributed by atoms with Gasteiger partial charge in [0, 0.05) is 26.2 Å². The zero-order valence-electron chi connectivity index (χ0n) is 14.4. The molecule has 2 rings (SSSR count). The first-order valence-electron chi connectivity index (χ1n) is 8.19. The second kappa shape index (κ2) is 9.91. The molecule has 5 heteroatoms. The van der Waals surface area contributed by atoms with Gasteiger partial charge in [-0.15, -0.1) is 12.4 Å². The van der Waals surface area contributed by atoms with E-state index < -0.39 is 0 Å². The van der Waals surface area contributed by atoms with Crippen LogP contribution in [0.5, 0.6) is 0 Å². The van der Waals surface area contributed by atoms with Crippen LogP contribution in [0.2, 0.25) is 0 Å². The number of carbonyl (C=O) groups is 1. The minimum absolute atomic E-state index is 0. The van der Waals surface area contributed by atoms with Gasteiger partial charge in [-0.2, -0.15) is 0 Å². The summed E-state index contributed by atoms with van der Waals surface area (Å²) in [6, 6.07) is 9.08. The van der Waals surface area contributed by atoms with Gasteiger partial charge in [-0.1, -0.05) is 38.1 Å². The van der Waals surface area contributed by atoms with Crippen molar-refractivity contribution in [3.05, 3.63) is 35.4 Å². The number of methoxy groups -OCH3 is 1. The van der Waals surface area contributed by atoms with Crippen molar-refractivity contribution in [2.75, 3.05) is 26.8 Å². The Morgan fingerprint density at radius 2 is 1.96 bits per heavy atom. The summed E-state index contributed by atoms with van der Waals surface area (Å²) in [5.74, 6) is 0.728. The van der Waals surface area contributed by atoms with Crippen molar-refractivity contribution in [1.82, 2.24) is 10.2 Å². The molecule has 0 aromatic heterocycles. The van der Waals surface area contributed by atoms with Crippen molar-refractivity contribution in [3.8, 4) is 0 Å². The average Bonchev–Trinajstić information content (AvgIpc) is 3.34. The normalized spacial score (nSPS) is 13.7. The minimum atomic E-state index is 0. The highest BCUT2D eigenvalue weighted by Gasteiger charge is 2.32. The first kappa shape index (κ1) is 19.9. The van der Waals surface area contributed by atoms with E-state index in [4.69, 9.17) is 4.74 Å². The van der Waals surface area contributed by atoms with Crippen LogP contribution < -0.4 is 5.32 Å². The molecule has 1 aliphatic carbocycles. The lowest BCUT2D eigenvalue weighted by Crippen LogP contribution is -2.40. The highest BCUT2D eigenvalue weighted by atomic mass is 35.5. The van der Waals surface area contributed by atoms with Gasteiger partial charge in [0.05, 0.1) is 13.2 Å². The molecule has 1 aromatic carbocycles. The fraction of sp³-hybridized carbons (Fsp3) is 0.611. The van der Waals surface area contributed by atoms with Gasteiger partial charge in [0.25, 0.3) is 0 Å². The molecule has 0 aliphatic heterocycles. The maximum Gasteiger partial charge on any atom is 0.237 e. The molecule has 0 spiro atoms. The summed E-state index contributed by atoms with van der Waals surface area (Å²) < 4.78 is 4.98. The predicted octanol–water partition coefficient (Wildman–Crippen LogP) is 2.96. The third-order valence-corrected chi connectivity index (χ3v) is 4.07. The molecule has 1 aromatic rings. The van der Waals surface area contributed by atoms with Gasteiger partial charge in [0.15, 0.2) is 0 Å². The molecule has 0 atom stereocenters. The van der Waals surface area contributed by atoms with Crippen LogP contribution in [-0.4, -0.2) is 43.7 Å². The standard InChI is InChI=1S/C18H28N2O2.ClH/c1-14(2)16-6-4-15(5-7-16)13-20(17-8-9-17)18(21)12-19-10-11-22-3;/h4-7,14,17,19H,8-13H2,1-3H3;1H. The smallest absolute Gasteiger partial charge is 0.237 e. The van der Waals surface area contributed by atoms with Crippen LogP contribution in [0.4, 0.5) is 0 Å². The van der Waals surface area contributed by atoms with E-state index in [-0.39, 0.29) is 18.3 Å². The van der Waals surface area contributed by atoms with Crippen LogP contribution in [-0.2, 0) is 16.1 Å². The lowest BCUT2D eigenvalue weighted by molar-refractivity contribution is -0.131. The molecular formula is C18H29ClN2O2. The quantitative estimate of drug-likeness (QED) is 0.703. The topological polar surface area (TPSA) is 41.6 Å². The molecule has 1 saturated carbocycles. The van der Waals surface area contributed by atoms with Crippen molar-refractivity contribution in [2.24, 2.45) is 0 Å². The summed E-state index contributed by atoms with van der Waals surface area (Å²) in [5, 5.41) is 3.14. The zero-order chi connectivity index (χ0) is 15.9. The van der Waals surface area contributed by atoms with Crippen molar-refractivity contribution in [2.45, 2.75) is 45.2 Å². The lowest BCUT2D eigenvalue weighted by Gasteiger charge is -2.23. The number of nitrogens with one attached hydrogen (secondary N) is 1. The van der Waals surface area contributed by atoms with Crippen molar-refractivity contribution in [1.29, 1.82) is 0 Å². The Balaban J connectivity index is 0.00000264. The number of ether oxygens (including phenoxy) is 1. The number of hydrogen-bond acceptors (Lipinski definition) is 3. The first-order valence-corrected chi connectivity index (χ1v) is 8.19. The van der Waals surface area contributed by atoms with Crippen LogP contribution >= 0.6 is 12.4 Å². The Hall–Kier alpha value is -1.10. The van der Waals surface area contributed by atoms with Crippen LogP contribution in [0.25, 0.3) is 0 Å². The number of nitrogens with zero attached hydrogens (tertiary/aromatic N) is 1. The first-order chi connectivity index (χ1) is 10.6. The maximum atomic E-state index is 12.4. The van der Waals surface area contributed by atoms with E-state index in [1.807, 2.05) is 4.90 Å². The molecule has 1 fully saturated rings. The molecule has 1 aliphatic rings. The second-order valence-corrected chi connectivity index (χ2v) is 6.32. The Morgan fingerprint density at radius 3 is 2.48 bits per heavy atom. The fourth-order valence-electron chi connectivity index (χ4n) is 2.48. The number of amides is 1. The molecule has 1 N–H and O–H groups in total. The van der Waals surface area contributed by atoms with Crippen molar-refractivity contribution >= 4 is 18.3 Å². The maximum absolute atomic E-state index is 12.4. The summed E-state index contributed by atoms with van der Waals surface area (Å²) in [6.07, 6.45) is 2.27. The monoisotopic (exact) mass is 340 g/mol. The van der Waals surface area contributed by atoms with Crippen molar-refractivity contribution in [3.63, 3.8) is 0 Å². The van der Waals surface area contributed by atoms with Crippen molar-refractivity contribution < 1.29 is 9.53 Å². The predicted molar refractivity (Wildman–Crippen MR) is 96.1 cm³/mol. The number of carbonyl (C=O) groups excluding carboxylic acids is 1. The van der Waals surface area contributed by atoms with E-state index in [0.29, 0.717) is 38.2 Å². The Bertz CT molecular complexity index is 472. The van der Waals surface area contributed by atoms with Gasteiger partial charge in [0.1, 0.15) is 0 Å². The second-order valence-electron chi connectivity index (χ2n) is 6.32. The van der Waals surface area contributed by atoms with Crippen LogP contribution in [0, 0.1) is 0 Å². The molecule has 4 nitrogen and oxygen atoms in total. The summed E-state index contributed by atoms with van der Waals surface area (Å²) in [6.45, 7) is 6.84. The summed E-state index contributed by atoms with van der Waals surface area (Å²) >= 11 is 0. The third-order valence-electron chi connectivity index (χ3n) is 4.07. The fourth-order valence-corrected chi connectivity index (χ4v) is 2.48. The molecule has 23 heavy (non-hydrogen) atoms. The van der Waals surface area contributed by atoms with Gasteiger partial charge in [0.2, 0.25) is 5.91 Å². The van der Waals surface area contributed by atoms with Crippen LogP contribution in [0.15, 0.2) is 24.3 Å². The van der Waals surface area contributed by atoms with Crippen LogP contribution in [0.3, 0.4) is 0 Å². The zero-order valence-corrected chi connectivity index (χ0v) is 15.2. The molecule has 0 bridgehead atoms. The summed E-state index contributed by atoms with van der Waals surface area (Å²) in [7, 11) is 1.67. The van der Waals surface area contributed by atoms with Gasteiger partial charge in [-0.3, -0.25) is 4.79 Å². The van der Waals surface area contributed by atoms with Gasteiger partial charge in [-0.05, 0) is 29.9 Å². The van der Waals surface area contributed by atoms with E-state index in [2.05, 4.69) is 43.4 Å². The molecular weight excluding hydrogens is 312 g/mol. The number of benzene rings is 1. The molecule has 0 unspecified atom stereocenters. The number of hydrogen-bond donors (Lipinski definition) is 1. The lowest BCUT2D eigenvalue weighted by atomic mass is 10.0. The number of rotatable bonds is 9. The summed E-state index contributed by atoms with van der Waals surface area (Å²) in [4.78, 5) is 14.4. The van der Waals surface area contributed by atoms with Crippen LogP contribution in [0.1, 0.15) is 43.7 Å². The third kappa shape index (κ3) is 6.50. The minimum Gasteiger partial charge on any atom is -0.383 e. The SMILES string of the molecule is COCCNCC(=O)N(Cc1ccc(C(C)C)cc1)C1CC1.Cl. The molecule has 0 heterocycles. The largest absolute Gasteiger partial charge is 0.383 e. The van der Waals surface area contributed by atoms with E-state index in [1.54, 1.807) is 7.11 Å². The van der Waals surface area contributed by atoms with E-state index in [9.17, 15) is 4.79 Å². The van der Waals surface area contributed by atoms with E-state index >= 15 is 0 Å².